The molecule has 1 N–H and O–H groups in total. The average Bonchev–Trinajstić information content (AvgIpc) is 3.39. The van der Waals surface area contributed by atoms with E-state index in [2.05, 4.69) is 39.2 Å². The number of amides is 1. The number of anilines is 2. The largest absolute Gasteiger partial charge is 0.378 e. The molecule has 0 radical (unpaired) electrons. The lowest BCUT2D eigenvalue weighted by atomic mass is 10.2. The Morgan fingerprint density at radius 1 is 1.09 bits per heavy atom. The molecule has 0 aliphatic carbocycles. The monoisotopic (exact) mass is 445 g/mol. The zero-order valence-corrected chi connectivity index (χ0v) is 19.9. The van der Waals surface area contributed by atoms with Crippen molar-refractivity contribution in [2.75, 3.05) is 30.9 Å². The lowest BCUT2D eigenvalue weighted by Gasteiger charge is -2.20. The second-order valence-electron chi connectivity index (χ2n) is 8.44. The van der Waals surface area contributed by atoms with Gasteiger partial charge in [-0.25, -0.2) is 9.97 Å². The molecule has 4 aromatic rings. The SMILES string of the molecule is CCc1nc2ccc(C(=O)NCc3ccc(N(C)C)cc3)cn2c1N(C)Cc1nccn1C. The van der Waals surface area contributed by atoms with Crippen molar-refractivity contribution < 1.29 is 4.79 Å². The van der Waals surface area contributed by atoms with E-state index in [0.29, 0.717) is 18.7 Å². The summed E-state index contributed by atoms with van der Waals surface area (Å²) < 4.78 is 4.01. The van der Waals surface area contributed by atoms with Crippen molar-refractivity contribution in [3.05, 3.63) is 77.6 Å². The Balaban J connectivity index is 1.55. The summed E-state index contributed by atoms with van der Waals surface area (Å²) in [7, 11) is 8.04. The second kappa shape index (κ2) is 9.36. The van der Waals surface area contributed by atoms with Gasteiger partial charge in [0.25, 0.3) is 5.91 Å². The molecular weight excluding hydrogens is 414 g/mol. The van der Waals surface area contributed by atoms with E-state index in [0.717, 1.165) is 40.7 Å². The standard InChI is InChI=1S/C25H31N7O/c1-6-21-25(31(5)17-23-26-13-14-30(23)4)32-16-19(9-12-22(32)28-21)24(33)27-15-18-7-10-20(11-8-18)29(2)3/h7-14,16H,6,15,17H2,1-5H3,(H,27,33). The van der Waals surface area contributed by atoms with Crippen molar-refractivity contribution in [2.24, 2.45) is 7.05 Å². The highest BCUT2D eigenvalue weighted by atomic mass is 16.1. The number of fused-ring (bicyclic) bond motifs is 1. The van der Waals surface area contributed by atoms with Gasteiger partial charge in [0, 0.05) is 59.0 Å². The van der Waals surface area contributed by atoms with Crippen molar-refractivity contribution in [3.63, 3.8) is 0 Å². The molecule has 0 aliphatic rings. The number of carbonyl (C=O) groups is 1. The summed E-state index contributed by atoms with van der Waals surface area (Å²) in [4.78, 5) is 26.3. The van der Waals surface area contributed by atoms with E-state index in [1.807, 2.05) is 73.8 Å². The first-order valence-electron chi connectivity index (χ1n) is 11.1. The molecule has 3 aromatic heterocycles. The minimum absolute atomic E-state index is 0.113. The number of hydrogen-bond donors (Lipinski definition) is 1. The van der Waals surface area contributed by atoms with Gasteiger partial charge in [0.05, 0.1) is 17.8 Å². The number of rotatable bonds is 8. The van der Waals surface area contributed by atoms with Crippen molar-refractivity contribution in [2.45, 2.75) is 26.4 Å². The van der Waals surface area contributed by atoms with Gasteiger partial charge in [-0.1, -0.05) is 19.1 Å². The zero-order valence-electron chi connectivity index (χ0n) is 19.9. The molecule has 8 heteroatoms. The van der Waals surface area contributed by atoms with E-state index in [1.165, 1.54) is 0 Å². The number of pyridine rings is 1. The van der Waals surface area contributed by atoms with Gasteiger partial charge in [-0.15, -0.1) is 0 Å². The van der Waals surface area contributed by atoms with Gasteiger partial charge >= 0.3 is 0 Å². The molecule has 172 valence electrons. The van der Waals surface area contributed by atoms with Crippen LogP contribution in [-0.4, -0.2) is 46.0 Å². The van der Waals surface area contributed by atoms with Crippen LogP contribution in [0, 0.1) is 0 Å². The third-order valence-corrected chi connectivity index (χ3v) is 5.83. The maximum Gasteiger partial charge on any atom is 0.253 e. The fourth-order valence-corrected chi connectivity index (χ4v) is 3.89. The molecule has 0 bridgehead atoms. The van der Waals surface area contributed by atoms with Crippen LogP contribution in [0.2, 0.25) is 0 Å². The predicted octanol–water partition coefficient (Wildman–Crippen LogP) is 3.26. The number of imidazole rings is 2. The molecular formula is C25H31N7O. The molecule has 4 rings (SSSR count). The summed E-state index contributed by atoms with van der Waals surface area (Å²) in [6.45, 7) is 3.21. The molecule has 0 aliphatic heterocycles. The van der Waals surface area contributed by atoms with E-state index in [9.17, 15) is 4.79 Å². The van der Waals surface area contributed by atoms with Crippen LogP contribution >= 0.6 is 0 Å². The summed E-state index contributed by atoms with van der Waals surface area (Å²) >= 11 is 0. The third kappa shape index (κ3) is 4.69. The topological polar surface area (TPSA) is 70.7 Å². The van der Waals surface area contributed by atoms with Crippen molar-refractivity contribution >= 4 is 23.1 Å². The molecule has 0 saturated carbocycles. The van der Waals surface area contributed by atoms with Gasteiger partial charge < -0.3 is 19.7 Å². The minimum Gasteiger partial charge on any atom is -0.378 e. The van der Waals surface area contributed by atoms with Crippen LogP contribution in [0.1, 0.15) is 34.4 Å². The van der Waals surface area contributed by atoms with Crippen molar-refractivity contribution in [1.29, 1.82) is 0 Å². The van der Waals surface area contributed by atoms with Crippen LogP contribution in [0.4, 0.5) is 11.5 Å². The number of aryl methyl sites for hydroxylation is 2. The van der Waals surface area contributed by atoms with Gasteiger partial charge in [-0.3, -0.25) is 9.20 Å². The summed E-state index contributed by atoms with van der Waals surface area (Å²) in [6.07, 6.45) is 6.41. The Hall–Kier alpha value is -3.81. The highest BCUT2D eigenvalue weighted by Crippen LogP contribution is 2.24. The first-order valence-corrected chi connectivity index (χ1v) is 11.1. The van der Waals surface area contributed by atoms with Crippen LogP contribution in [0.25, 0.3) is 5.65 Å². The first kappa shape index (κ1) is 22.4. The molecule has 0 unspecified atom stereocenters. The number of nitrogens with one attached hydrogen (secondary N) is 1. The highest BCUT2D eigenvalue weighted by molar-refractivity contribution is 5.94. The van der Waals surface area contributed by atoms with Crippen molar-refractivity contribution in [1.82, 2.24) is 24.3 Å². The average molecular weight is 446 g/mol. The third-order valence-electron chi connectivity index (χ3n) is 5.83. The number of hydrogen-bond acceptors (Lipinski definition) is 5. The number of carbonyl (C=O) groups excluding carboxylic acids is 1. The minimum atomic E-state index is -0.113. The zero-order chi connectivity index (χ0) is 23.5. The summed E-state index contributed by atoms with van der Waals surface area (Å²) in [6, 6.07) is 11.9. The lowest BCUT2D eigenvalue weighted by Crippen LogP contribution is -2.24. The number of aromatic nitrogens is 4. The smallest absolute Gasteiger partial charge is 0.253 e. The molecule has 0 saturated heterocycles. The maximum atomic E-state index is 12.9. The maximum absolute atomic E-state index is 12.9. The van der Waals surface area contributed by atoms with Crippen molar-refractivity contribution in [3.8, 4) is 0 Å². The van der Waals surface area contributed by atoms with E-state index in [-0.39, 0.29) is 5.91 Å². The lowest BCUT2D eigenvalue weighted by molar-refractivity contribution is 0.0950. The predicted molar refractivity (Wildman–Crippen MR) is 132 cm³/mol. The van der Waals surface area contributed by atoms with Crippen LogP contribution in [0.3, 0.4) is 0 Å². The van der Waals surface area contributed by atoms with Gasteiger partial charge in [0.2, 0.25) is 0 Å². The van der Waals surface area contributed by atoms with Crippen LogP contribution in [0.15, 0.2) is 55.0 Å². The van der Waals surface area contributed by atoms with Crippen LogP contribution in [0.5, 0.6) is 0 Å². The Labute approximate surface area is 194 Å². The highest BCUT2D eigenvalue weighted by Gasteiger charge is 2.18. The molecule has 3 heterocycles. The quantitative estimate of drug-likeness (QED) is 0.451. The number of benzene rings is 1. The molecule has 0 fully saturated rings. The Morgan fingerprint density at radius 2 is 1.85 bits per heavy atom. The first-order chi connectivity index (χ1) is 15.9. The van der Waals surface area contributed by atoms with E-state index < -0.39 is 0 Å². The molecule has 0 spiro atoms. The summed E-state index contributed by atoms with van der Waals surface area (Å²) in [5.74, 6) is 1.83. The van der Waals surface area contributed by atoms with Crippen LogP contribution < -0.4 is 15.1 Å². The molecule has 1 aromatic carbocycles. The summed E-state index contributed by atoms with van der Waals surface area (Å²) in [5.41, 5.74) is 4.60. The van der Waals surface area contributed by atoms with E-state index >= 15 is 0 Å². The fourth-order valence-electron chi connectivity index (χ4n) is 3.89. The fraction of sp³-hybridized carbons (Fsp3) is 0.320. The Bertz CT molecular complexity index is 1250. The van der Waals surface area contributed by atoms with E-state index in [1.54, 1.807) is 6.20 Å². The normalized spacial score (nSPS) is 11.1. The molecule has 8 nitrogen and oxygen atoms in total. The van der Waals surface area contributed by atoms with E-state index in [4.69, 9.17) is 4.98 Å². The Kier molecular flexibility index (Phi) is 6.35. The second-order valence-corrected chi connectivity index (χ2v) is 8.44. The molecule has 0 atom stereocenters. The van der Waals surface area contributed by atoms with Gasteiger partial charge in [0.1, 0.15) is 17.3 Å². The Morgan fingerprint density at radius 3 is 2.48 bits per heavy atom. The number of nitrogens with zero attached hydrogens (tertiary/aromatic N) is 6. The van der Waals surface area contributed by atoms with Gasteiger partial charge in [-0.05, 0) is 36.2 Å². The van der Waals surface area contributed by atoms with Gasteiger partial charge in [0.15, 0.2) is 0 Å². The van der Waals surface area contributed by atoms with Crippen LogP contribution in [-0.2, 0) is 26.6 Å². The van der Waals surface area contributed by atoms with Gasteiger partial charge in [-0.2, -0.15) is 0 Å². The molecule has 1 amide bonds. The summed E-state index contributed by atoms with van der Waals surface area (Å²) in [5, 5.41) is 3.03. The molecule has 33 heavy (non-hydrogen) atoms.